The molecular formula is C24H27BrN4O7. The van der Waals surface area contributed by atoms with E-state index in [4.69, 9.17) is 28.4 Å². The Hall–Kier alpha value is -2.93. The summed E-state index contributed by atoms with van der Waals surface area (Å²) in [5, 5.41) is 4.12. The normalized spacial score (nSPS) is 24.5. The second kappa shape index (κ2) is 9.51. The number of ether oxygens (including phenoxy) is 6. The Bertz CT molecular complexity index is 1300. The summed E-state index contributed by atoms with van der Waals surface area (Å²) in [4.78, 5) is 21.4. The summed E-state index contributed by atoms with van der Waals surface area (Å²) in [5.74, 6) is 0.634. The van der Waals surface area contributed by atoms with Gasteiger partial charge in [-0.05, 0) is 41.9 Å². The van der Waals surface area contributed by atoms with Crippen molar-refractivity contribution in [1.29, 1.82) is 0 Å². The molecule has 11 nitrogen and oxygen atoms in total. The summed E-state index contributed by atoms with van der Waals surface area (Å²) < 4.78 is 36.5. The predicted octanol–water partition coefficient (Wildman–Crippen LogP) is 3.41. The van der Waals surface area contributed by atoms with E-state index < -0.39 is 36.3 Å². The maximum absolute atomic E-state index is 12.4. The number of nitrogens with one attached hydrogen (secondary N) is 1. The fourth-order valence-corrected chi connectivity index (χ4v) is 5.24. The quantitative estimate of drug-likeness (QED) is 0.429. The van der Waals surface area contributed by atoms with Gasteiger partial charge in [0, 0.05) is 28.8 Å². The first-order chi connectivity index (χ1) is 17.3. The number of carbonyl (C=O) groups excluding carboxylic acids is 1. The van der Waals surface area contributed by atoms with E-state index >= 15 is 0 Å². The molecule has 0 spiro atoms. The summed E-state index contributed by atoms with van der Waals surface area (Å²) in [6, 6.07) is 5.63. The maximum Gasteiger partial charge on any atom is 0.337 e. The number of aromatic nitrogens is 3. The van der Waals surface area contributed by atoms with Gasteiger partial charge >= 0.3 is 5.97 Å². The lowest BCUT2D eigenvalue weighted by atomic mass is 10.1. The number of halogens is 1. The molecule has 0 aliphatic carbocycles. The molecule has 0 radical (unpaired) electrons. The van der Waals surface area contributed by atoms with Gasteiger partial charge < -0.3 is 38.3 Å². The molecular weight excluding hydrogens is 536 g/mol. The molecule has 2 fully saturated rings. The zero-order valence-corrected chi connectivity index (χ0v) is 22.1. The molecule has 192 valence electrons. The largest absolute Gasteiger partial charge is 0.497 e. The number of methoxy groups -OCH3 is 3. The first-order valence-electron chi connectivity index (χ1n) is 11.3. The Balaban J connectivity index is 1.47. The number of fused-ring (bicyclic) bond motifs is 2. The van der Waals surface area contributed by atoms with Crippen LogP contribution in [0.1, 0.15) is 25.6 Å². The topological polar surface area (TPSA) is 115 Å². The van der Waals surface area contributed by atoms with Gasteiger partial charge in [-0.15, -0.1) is 0 Å². The molecule has 12 heteroatoms. The second-order valence-electron chi connectivity index (χ2n) is 8.87. The minimum absolute atomic E-state index is 0.455. The molecule has 5 rings (SSSR count). The first kappa shape index (κ1) is 24.8. The van der Waals surface area contributed by atoms with Crippen LogP contribution in [-0.4, -0.2) is 65.9 Å². The third kappa shape index (κ3) is 4.27. The van der Waals surface area contributed by atoms with E-state index in [0.29, 0.717) is 29.5 Å². The molecule has 2 aliphatic rings. The number of hydrogen-bond acceptors (Lipinski definition) is 10. The van der Waals surface area contributed by atoms with Crippen molar-refractivity contribution in [2.75, 3.05) is 26.6 Å². The molecule has 1 N–H and O–H groups in total. The van der Waals surface area contributed by atoms with Crippen molar-refractivity contribution in [3.8, 4) is 11.5 Å². The highest BCUT2D eigenvalue weighted by molar-refractivity contribution is 9.10. The van der Waals surface area contributed by atoms with Crippen molar-refractivity contribution in [1.82, 2.24) is 14.5 Å². The number of benzene rings is 1. The van der Waals surface area contributed by atoms with Crippen molar-refractivity contribution in [3.63, 3.8) is 0 Å². The molecule has 1 aromatic carbocycles. The number of carbonyl (C=O) groups is 1. The van der Waals surface area contributed by atoms with E-state index in [0.717, 1.165) is 15.4 Å². The SMILES string of the molecule is COC(=O)[C@H]1O[C@@H](n2cc(Br)c3c(NCc4ccc(OC)cc4OC)ncnc32)[C@@H]2OC(C)(C)O[C@@H]21. The summed E-state index contributed by atoms with van der Waals surface area (Å²) in [6.45, 7) is 4.06. The van der Waals surface area contributed by atoms with Crippen LogP contribution in [0.5, 0.6) is 11.5 Å². The van der Waals surface area contributed by atoms with E-state index in [9.17, 15) is 4.79 Å². The maximum atomic E-state index is 12.4. The highest BCUT2D eigenvalue weighted by Crippen LogP contribution is 2.45. The van der Waals surface area contributed by atoms with Gasteiger partial charge in [0.25, 0.3) is 0 Å². The molecule has 2 aliphatic heterocycles. The molecule has 4 atom stereocenters. The standard InChI is InChI=1S/C24H27BrN4O7/c1-24(2)35-17-18(36-24)22(34-19(17)23(30)33-5)29-10-14(25)16-20(27-11-28-21(16)29)26-9-12-6-7-13(31-3)8-15(12)32-4/h6-8,10-11,17-19,22H,9H2,1-5H3,(H,26,27,28)/t17-,18+,19-,22+/m0/s1. The highest BCUT2D eigenvalue weighted by atomic mass is 79.9. The number of anilines is 1. The monoisotopic (exact) mass is 562 g/mol. The lowest BCUT2D eigenvalue weighted by Crippen LogP contribution is -2.36. The van der Waals surface area contributed by atoms with Crippen LogP contribution in [0.4, 0.5) is 5.82 Å². The molecule has 2 aromatic heterocycles. The van der Waals surface area contributed by atoms with Crippen LogP contribution in [0.2, 0.25) is 0 Å². The number of rotatable bonds is 7. The van der Waals surface area contributed by atoms with Crippen LogP contribution in [0.25, 0.3) is 11.0 Å². The van der Waals surface area contributed by atoms with Crippen LogP contribution >= 0.6 is 15.9 Å². The average Bonchev–Trinajstić information content (AvgIpc) is 3.50. The van der Waals surface area contributed by atoms with Crippen molar-refractivity contribution >= 4 is 38.8 Å². The van der Waals surface area contributed by atoms with Crippen LogP contribution in [0, 0.1) is 0 Å². The minimum Gasteiger partial charge on any atom is -0.497 e. The second-order valence-corrected chi connectivity index (χ2v) is 9.73. The lowest BCUT2D eigenvalue weighted by Gasteiger charge is -2.24. The summed E-state index contributed by atoms with van der Waals surface area (Å²) in [6.07, 6.45) is 0.564. The molecule has 0 unspecified atom stereocenters. The van der Waals surface area contributed by atoms with E-state index in [1.165, 1.54) is 13.4 Å². The fourth-order valence-electron chi connectivity index (χ4n) is 4.65. The van der Waals surface area contributed by atoms with Gasteiger partial charge in [-0.25, -0.2) is 14.8 Å². The highest BCUT2D eigenvalue weighted by Gasteiger charge is 2.58. The van der Waals surface area contributed by atoms with Crippen LogP contribution in [0.3, 0.4) is 0 Å². The van der Waals surface area contributed by atoms with E-state index in [2.05, 4.69) is 31.2 Å². The molecule has 3 aromatic rings. The smallest absolute Gasteiger partial charge is 0.337 e. The predicted molar refractivity (Wildman–Crippen MR) is 132 cm³/mol. The summed E-state index contributed by atoms with van der Waals surface area (Å²) in [5.41, 5.74) is 1.53. The average molecular weight is 563 g/mol. The Morgan fingerprint density at radius 3 is 2.67 bits per heavy atom. The van der Waals surface area contributed by atoms with Crippen LogP contribution < -0.4 is 14.8 Å². The molecule has 0 amide bonds. The summed E-state index contributed by atoms with van der Waals surface area (Å²) >= 11 is 3.64. The molecule has 4 heterocycles. The van der Waals surface area contributed by atoms with Crippen molar-refractivity contribution in [2.45, 2.75) is 50.7 Å². The van der Waals surface area contributed by atoms with Gasteiger partial charge in [-0.2, -0.15) is 0 Å². The number of hydrogen-bond donors (Lipinski definition) is 1. The number of esters is 1. The molecule has 0 bridgehead atoms. The zero-order valence-electron chi connectivity index (χ0n) is 20.5. The third-order valence-corrected chi connectivity index (χ3v) is 6.84. The molecule has 2 saturated heterocycles. The Kier molecular flexibility index (Phi) is 6.54. The third-order valence-electron chi connectivity index (χ3n) is 6.24. The Morgan fingerprint density at radius 1 is 1.17 bits per heavy atom. The summed E-state index contributed by atoms with van der Waals surface area (Å²) in [7, 11) is 4.55. The van der Waals surface area contributed by atoms with Gasteiger partial charge in [0.2, 0.25) is 0 Å². The van der Waals surface area contributed by atoms with Crippen molar-refractivity contribution < 1.29 is 33.2 Å². The zero-order chi connectivity index (χ0) is 25.6. The van der Waals surface area contributed by atoms with Crippen molar-refractivity contribution in [2.24, 2.45) is 0 Å². The lowest BCUT2D eigenvalue weighted by molar-refractivity contribution is -0.203. The van der Waals surface area contributed by atoms with Gasteiger partial charge in [0.15, 0.2) is 18.1 Å². The first-order valence-corrected chi connectivity index (χ1v) is 12.1. The van der Waals surface area contributed by atoms with Gasteiger partial charge in [-0.3, -0.25) is 0 Å². The van der Waals surface area contributed by atoms with E-state index in [1.807, 2.05) is 29.0 Å². The van der Waals surface area contributed by atoms with Gasteiger partial charge in [-0.1, -0.05) is 0 Å². The van der Waals surface area contributed by atoms with E-state index in [1.54, 1.807) is 28.1 Å². The Labute approximate surface area is 216 Å². The van der Waals surface area contributed by atoms with Gasteiger partial charge in [0.1, 0.15) is 41.5 Å². The fraction of sp³-hybridized carbons (Fsp3) is 0.458. The molecule has 36 heavy (non-hydrogen) atoms. The van der Waals surface area contributed by atoms with Crippen molar-refractivity contribution in [3.05, 3.63) is 40.8 Å². The van der Waals surface area contributed by atoms with Crippen LogP contribution in [0.15, 0.2) is 35.2 Å². The molecule has 0 saturated carbocycles. The van der Waals surface area contributed by atoms with Gasteiger partial charge in [0.05, 0.1) is 26.7 Å². The number of nitrogens with zero attached hydrogens (tertiary/aromatic N) is 3. The van der Waals surface area contributed by atoms with E-state index in [-0.39, 0.29) is 0 Å². The Morgan fingerprint density at radius 2 is 1.94 bits per heavy atom. The van der Waals surface area contributed by atoms with Crippen LogP contribution in [-0.2, 0) is 30.3 Å². The minimum atomic E-state index is -0.926.